The monoisotopic (exact) mass is 296 g/mol. The Hall–Kier alpha value is -2.60. The minimum Gasteiger partial charge on any atom is -0.0651 e. The molecular weight excluding hydrogens is 276 g/mol. The molecule has 0 heterocycles. The van der Waals surface area contributed by atoms with E-state index in [4.69, 9.17) is 0 Å². The lowest BCUT2D eigenvalue weighted by atomic mass is 9.87. The molecule has 0 unspecified atom stereocenters. The number of hydrogen-bond donors (Lipinski definition) is 0. The van der Waals surface area contributed by atoms with Gasteiger partial charge in [0, 0.05) is 0 Å². The average molecular weight is 296 g/mol. The van der Waals surface area contributed by atoms with Gasteiger partial charge in [-0.3, -0.25) is 0 Å². The molecular formula is C23H20. The highest BCUT2D eigenvalue weighted by molar-refractivity contribution is 6.14. The van der Waals surface area contributed by atoms with E-state index in [0.717, 1.165) is 6.42 Å². The van der Waals surface area contributed by atoms with Crippen LogP contribution in [-0.4, -0.2) is 0 Å². The van der Waals surface area contributed by atoms with Gasteiger partial charge >= 0.3 is 0 Å². The highest BCUT2D eigenvalue weighted by Crippen LogP contribution is 2.39. The molecule has 0 aliphatic carbocycles. The molecule has 0 atom stereocenters. The van der Waals surface area contributed by atoms with Gasteiger partial charge in [0.05, 0.1) is 0 Å². The van der Waals surface area contributed by atoms with Crippen molar-refractivity contribution in [2.45, 2.75) is 19.8 Å². The van der Waals surface area contributed by atoms with Gasteiger partial charge in [-0.05, 0) is 44.7 Å². The Morgan fingerprint density at radius 1 is 0.565 bits per heavy atom. The second kappa shape index (κ2) is 5.89. The zero-order valence-corrected chi connectivity index (χ0v) is 13.4. The van der Waals surface area contributed by atoms with Crippen LogP contribution in [0.15, 0.2) is 78.9 Å². The molecule has 0 aliphatic rings. The van der Waals surface area contributed by atoms with Gasteiger partial charge in [0.25, 0.3) is 0 Å². The first kappa shape index (κ1) is 14.0. The first-order chi connectivity index (χ1) is 11.4. The maximum atomic E-state index is 2.28. The summed E-state index contributed by atoms with van der Waals surface area (Å²) in [6.45, 7) is 2.26. The zero-order chi connectivity index (χ0) is 15.6. The molecule has 0 aliphatic heterocycles. The summed E-state index contributed by atoms with van der Waals surface area (Å²) in [7, 11) is 0. The summed E-state index contributed by atoms with van der Waals surface area (Å²) in [5.74, 6) is 0. The lowest BCUT2D eigenvalue weighted by molar-refractivity contribution is 0.936. The molecule has 112 valence electrons. The predicted octanol–water partition coefficient (Wildman–Crippen LogP) is 6.61. The van der Waals surface area contributed by atoms with E-state index in [1.54, 1.807) is 0 Å². The van der Waals surface area contributed by atoms with Crippen LogP contribution in [0.1, 0.15) is 18.9 Å². The van der Waals surface area contributed by atoms with Gasteiger partial charge in [0.2, 0.25) is 0 Å². The predicted molar refractivity (Wildman–Crippen MR) is 101 cm³/mol. The molecule has 0 aromatic heterocycles. The Morgan fingerprint density at radius 2 is 1.04 bits per heavy atom. The molecule has 0 N–H and O–H groups in total. The molecule has 0 nitrogen and oxygen atoms in total. The van der Waals surface area contributed by atoms with Crippen molar-refractivity contribution >= 4 is 21.5 Å². The summed E-state index contributed by atoms with van der Waals surface area (Å²) in [5, 5.41) is 5.51. The first-order valence-corrected chi connectivity index (χ1v) is 8.38. The molecule has 0 spiro atoms. The third kappa shape index (κ3) is 2.31. The number of hydrogen-bond acceptors (Lipinski definition) is 0. The molecule has 0 radical (unpaired) electrons. The van der Waals surface area contributed by atoms with Crippen molar-refractivity contribution in [2.24, 2.45) is 0 Å². The molecule has 23 heavy (non-hydrogen) atoms. The van der Waals surface area contributed by atoms with E-state index in [1.165, 1.54) is 44.7 Å². The van der Waals surface area contributed by atoms with E-state index in [-0.39, 0.29) is 0 Å². The van der Waals surface area contributed by atoms with Crippen LogP contribution in [0.5, 0.6) is 0 Å². The largest absolute Gasteiger partial charge is 0.0651 e. The number of fused-ring (bicyclic) bond motifs is 2. The Morgan fingerprint density at radius 3 is 1.57 bits per heavy atom. The second-order valence-corrected chi connectivity index (χ2v) is 6.06. The second-order valence-electron chi connectivity index (χ2n) is 6.06. The van der Waals surface area contributed by atoms with E-state index >= 15 is 0 Å². The summed E-state index contributed by atoms with van der Waals surface area (Å²) < 4.78 is 0. The minimum atomic E-state index is 1.12. The van der Waals surface area contributed by atoms with Crippen LogP contribution in [0.2, 0.25) is 0 Å². The quantitative estimate of drug-likeness (QED) is 0.373. The standard InChI is InChI=1S/C23H20/c1-2-10-18-19-13-6-8-15-21(19)23(17-11-4-3-5-12-17)22-16-9-7-14-20(18)22/h3-9,11-16H,2,10H2,1H3. The van der Waals surface area contributed by atoms with E-state index in [0.29, 0.717) is 0 Å². The Balaban J connectivity index is 2.22. The van der Waals surface area contributed by atoms with Crippen LogP contribution in [0, 0.1) is 0 Å². The van der Waals surface area contributed by atoms with Gasteiger partial charge in [0.1, 0.15) is 0 Å². The zero-order valence-electron chi connectivity index (χ0n) is 13.4. The van der Waals surface area contributed by atoms with E-state index in [9.17, 15) is 0 Å². The van der Waals surface area contributed by atoms with E-state index in [2.05, 4.69) is 85.8 Å². The molecule has 0 fully saturated rings. The van der Waals surface area contributed by atoms with Crippen LogP contribution in [0.4, 0.5) is 0 Å². The van der Waals surface area contributed by atoms with E-state index < -0.39 is 0 Å². The molecule has 0 heteroatoms. The minimum absolute atomic E-state index is 1.12. The lowest BCUT2D eigenvalue weighted by Gasteiger charge is -2.16. The fourth-order valence-corrected chi connectivity index (χ4v) is 3.65. The topological polar surface area (TPSA) is 0 Å². The van der Waals surface area contributed by atoms with Gasteiger partial charge in [-0.25, -0.2) is 0 Å². The third-order valence-electron chi connectivity index (χ3n) is 4.61. The normalized spacial score (nSPS) is 11.2. The third-order valence-corrected chi connectivity index (χ3v) is 4.61. The molecule has 4 aromatic carbocycles. The fraction of sp³-hybridized carbons (Fsp3) is 0.130. The Bertz CT molecular complexity index is 908. The van der Waals surface area contributed by atoms with Crippen molar-refractivity contribution in [3.8, 4) is 11.1 Å². The Kier molecular flexibility index (Phi) is 3.59. The van der Waals surface area contributed by atoms with Crippen LogP contribution < -0.4 is 0 Å². The van der Waals surface area contributed by atoms with Crippen molar-refractivity contribution in [2.75, 3.05) is 0 Å². The number of rotatable bonds is 3. The summed E-state index contributed by atoms with van der Waals surface area (Å²) in [6.07, 6.45) is 2.29. The maximum Gasteiger partial charge on any atom is -0.00266 e. The highest BCUT2D eigenvalue weighted by Gasteiger charge is 2.13. The molecule has 0 saturated carbocycles. The van der Waals surface area contributed by atoms with Gasteiger partial charge < -0.3 is 0 Å². The van der Waals surface area contributed by atoms with E-state index in [1.807, 2.05) is 0 Å². The molecule has 4 aromatic rings. The van der Waals surface area contributed by atoms with Crippen molar-refractivity contribution < 1.29 is 0 Å². The first-order valence-electron chi connectivity index (χ1n) is 8.38. The fourth-order valence-electron chi connectivity index (χ4n) is 3.65. The van der Waals surface area contributed by atoms with Gasteiger partial charge in [-0.2, -0.15) is 0 Å². The van der Waals surface area contributed by atoms with Crippen molar-refractivity contribution in [1.29, 1.82) is 0 Å². The summed E-state index contributed by atoms with van der Waals surface area (Å²) in [4.78, 5) is 0. The number of benzene rings is 4. The molecule has 4 rings (SSSR count). The smallest absolute Gasteiger partial charge is 0.00266 e. The average Bonchev–Trinajstić information content (AvgIpc) is 2.62. The van der Waals surface area contributed by atoms with Crippen LogP contribution >= 0.6 is 0 Å². The van der Waals surface area contributed by atoms with Crippen LogP contribution in [0.3, 0.4) is 0 Å². The molecule has 0 bridgehead atoms. The maximum absolute atomic E-state index is 2.28. The van der Waals surface area contributed by atoms with Crippen molar-refractivity contribution in [1.82, 2.24) is 0 Å². The van der Waals surface area contributed by atoms with Crippen LogP contribution in [0.25, 0.3) is 32.7 Å². The Labute approximate surface area is 137 Å². The summed E-state index contributed by atoms with van der Waals surface area (Å²) in [5.41, 5.74) is 4.14. The van der Waals surface area contributed by atoms with Crippen molar-refractivity contribution in [3.05, 3.63) is 84.4 Å². The number of aryl methyl sites for hydroxylation is 1. The highest BCUT2D eigenvalue weighted by atomic mass is 14.2. The van der Waals surface area contributed by atoms with Crippen LogP contribution in [-0.2, 0) is 6.42 Å². The molecule has 0 saturated heterocycles. The lowest BCUT2D eigenvalue weighted by Crippen LogP contribution is -1.93. The van der Waals surface area contributed by atoms with Gasteiger partial charge in [-0.15, -0.1) is 0 Å². The summed E-state index contributed by atoms with van der Waals surface area (Å²) >= 11 is 0. The summed E-state index contributed by atoms with van der Waals surface area (Å²) in [6, 6.07) is 28.5. The van der Waals surface area contributed by atoms with Gasteiger partial charge in [-0.1, -0.05) is 92.2 Å². The van der Waals surface area contributed by atoms with Gasteiger partial charge in [0.15, 0.2) is 0 Å². The van der Waals surface area contributed by atoms with Crippen molar-refractivity contribution in [3.63, 3.8) is 0 Å². The molecule has 0 amide bonds. The SMILES string of the molecule is CCCc1c2ccccc2c(-c2ccccc2)c2ccccc12.